The number of aliphatic hydroxyl groups is 2. The molecule has 0 bridgehead atoms. The van der Waals surface area contributed by atoms with Crippen molar-refractivity contribution in [2.45, 2.75) is 12.6 Å². The molecular formula is C10H13ClFNO2. The lowest BCUT2D eigenvalue weighted by Gasteiger charge is -2.13. The highest BCUT2D eigenvalue weighted by Crippen LogP contribution is 2.16. The van der Waals surface area contributed by atoms with Gasteiger partial charge in [0.1, 0.15) is 5.82 Å². The van der Waals surface area contributed by atoms with Crippen molar-refractivity contribution in [2.24, 2.45) is 0 Å². The van der Waals surface area contributed by atoms with E-state index in [1.54, 1.807) is 0 Å². The van der Waals surface area contributed by atoms with E-state index in [1.165, 1.54) is 18.2 Å². The van der Waals surface area contributed by atoms with Gasteiger partial charge in [-0.2, -0.15) is 0 Å². The highest BCUT2D eigenvalue weighted by atomic mass is 35.5. The van der Waals surface area contributed by atoms with Crippen LogP contribution in [0.5, 0.6) is 0 Å². The van der Waals surface area contributed by atoms with Crippen molar-refractivity contribution in [1.82, 2.24) is 5.32 Å². The molecule has 5 heteroatoms. The number of hydrogen-bond acceptors (Lipinski definition) is 3. The third-order valence-corrected chi connectivity index (χ3v) is 2.40. The molecule has 3 N–H and O–H groups in total. The van der Waals surface area contributed by atoms with Crippen LogP contribution in [-0.2, 0) is 6.54 Å². The van der Waals surface area contributed by atoms with Gasteiger partial charge in [0.15, 0.2) is 0 Å². The molecule has 0 amide bonds. The fourth-order valence-electron chi connectivity index (χ4n) is 1.12. The lowest BCUT2D eigenvalue weighted by atomic mass is 10.2. The van der Waals surface area contributed by atoms with Gasteiger partial charge in [-0.25, -0.2) is 4.39 Å². The fraction of sp³-hybridized carbons (Fsp3) is 0.400. The van der Waals surface area contributed by atoms with Crippen molar-refractivity contribution in [3.8, 4) is 0 Å². The maximum atomic E-state index is 12.9. The summed E-state index contributed by atoms with van der Waals surface area (Å²) in [6, 6.07) is 3.66. The van der Waals surface area contributed by atoms with Crippen molar-refractivity contribution in [3.05, 3.63) is 34.6 Å². The Kier molecular flexibility index (Phi) is 4.98. The molecule has 15 heavy (non-hydrogen) atoms. The molecule has 0 fully saturated rings. The van der Waals surface area contributed by atoms with Gasteiger partial charge in [-0.15, -0.1) is 0 Å². The van der Waals surface area contributed by atoms with Gasteiger partial charge in [0.2, 0.25) is 0 Å². The first-order chi connectivity index (χ1) is 7.17. The Bertz CT molecular complexity index is 318. The zero-order valence-electron chi connectivity index (χ0n) is 8.08. The van der Waals surface area contributed by atoms with Crippen LogP contribution in [0, 0.1) is 5.82 Å². The zero-order chi connectivity index (χ0) is 11.3. The second-order valence-corrected chi connectivity index (χ2v) is 3.59. The third-order valence-electron chi connectivity index (χ3n) is 2.03. The zero-order valence-corrected chi connectivity index (χ0v) is 8.84. The minimum absolute atomic E-state index is 0.177. The van der Waals surface area contributed by atoms with E-state index in [0.29, 0.717) is 17.1 Å². The first-order valence-corrected chi connectivity index (χ1v) is 4.94. The van der Waals surface area contributed by atoms with Gasteiger partial charge in [0.05, 0.1) is 19.3 Å². The van der Waals surface area contributed by atoms with Crippen LogP contribution in [0.25, 0.3) is 0 Å². The molecule has 84 valence electrons. The number of halogens is 2. The Morgan fingerprint density at radius 3 is 2.60 bits per heavy atom. The molecule has 1 rings (SSSR count). The predicted molar refractivity (Wildman–Crippen MR) is 56.2 cm³/mol. The van der Waals surface area contributed by atoms with Gasteiger partial charge in [-0.3, -0.25) is 0 Å². The topological polar surface area (TPSA) is 52.5 Å². The summed E-state index contributed by atoms with van der Waals surface area (Å²) in [4.78, 5) is 0. The van der Waals surface area contributed by atoms with Crippen molar-refractivity contribution in [3.63, 3.8) is 0 Å². The van der Waals surface area contributed by atoms with Crippen LogP contribution in [0.4, 0.5) is 4.39 Å². The highest BCUT2D eigenvalue weighted by molar-refractivity contribution is 6.31. The van der Waals surface area contributed by atoms with E-state index in [0.717, 1.165) is 0 Å². The molecule has 0 aliphatic rings. The molecule has 0 aliphatic carbocycles. The molecule has 0 spiro atoms. The van der Waals surface area contributed by atoms with E-state index in [1.807, 2.05) is 0 Å². The fourth-order valence-corrected chi connectivity index (χ4v) is 1.30. The van der Waals surface area contributed by atoms with Gasteiger partial charge in [0.25, 0.3) is 0 Å². The maximum absolute atomic E-state index is 12.9. The molecular weight excluding hydrogens is 221 g/mol. The number of rotatable bonds is 5. The Balaban J connectivity index is 2.60. The standard InChI is InChI=1S/C10H13ClFNO2/c11-10-2-1-8(12)3-7(10)4-13-9(5-14)6-15/h1-3,9,13-15H,4-6H2. The van der Waals surface area contributed by atoms with Crippen molar-refractivity contribution >= 4 is 11.6 Å². The molecule has 0 saturated heterocycles. The molecule has 0 aromatic heterocycles. The summed E-state index contributed by atoms with van der Waals surface area (Å²) in [5.41, 5.74) is 0.601. The van der Waals surface area contributed by atoms with Crippen LogP contribution in [0.3, 0.4) is 0 Å². The van der Waals surface area contributed by atoms with Crippen molar-refractivity contribution in [2.75, 3.05) is 13.2 Å². The minimum Gasteiger partial charge on any atom is -0.395 e. The smallest absolute Gasteiger partial charge is 0.123 e. The molecule has 0 saturated carbocycles. The van der Waals surface area contributed by atoms with E-state index in [4.69, 9.17) is 21.8 Å². The summed E-state index contributed by atoms with van der Waals surface area (Å²) in [5, 5.41) is 20.9. The molecule has 0 heterocycles. The van der Waals surface area contributed by atoms with Gasteiger partial charge < -0.3 is 15.5 Å². The van der Waals surface area contributed by atoms with E-state index in [-0.39, 0.29) is 19.0 Å². The third kappa shape index (κ3) is 3.76. The molecule has 3 nitrogen and oxygen atoms in total. The molecule has 0 atom stereocenters. The van der Waals surface area contributed by atoms with E-state index in [2.05, 4.69) is 5.32 Å². The van der Waals surface area contributed by atoms with Gasteiger partial charge in [0, 0.05) is 11.6 Å². The molecule has 0 unspecified atom stereocenters. The first-order valence-electron chi connectivity index (χ1n) is 4.56. The van der Waals surface area contributed by atoms with Crippen molar-refractivity contribution < 1.29 is 14.6 Å². The highest BCUT2D eigenvalue weighted by Gasteiger charge is 2.07. The van der Waals surface area contributed by atoms with Gasteiger partial charge >= 0.3 is 0 Å². The minimum atomic E-state index is -0.413. The number of nitrogens with one attached hydrogen (secondary N) is 1. The van der Waals surface area contributed by atoms with Crippen LogP contribution in [-0.4, -0.2) is 29.5 Å². The average molecular weight is 234 g/mol. The second-order valence-electron chi connectivity index (χ2n) is 3.18. The van der Waals surface area contributed by atoms with Crippen LogP contribution < -0.4 is 5.32 Å². The summed E-state index contributed by atoms with van der Waals surface area (Å²) in [6.07, 6.45) is 0. The summed E-state index contributed by atoms with van der Waals surface area (Å²) in [6.45, 7) is -0.0464. The van der Waals surface area contributed by atoms with Gasteiger partial charge in [-0.05, 0) is 23.8 Å². The van der Waals surface area contributed by atoms with E-state index in [9.17, 15) is 4.39 Å². The van der Waals surface area contributed by atoms with Crippen molar-refractivity contribution in [1.29, 1.82) is 0 Å². The largest absolute Gasteiger partial charge is 0.395 e. The van der Waals surface area contributed by atoms with E-state index < -0.39 is 6.04 Å². The Labute approximate surface area is 92.5 Å². The normalized spacial score (nSPS) is 11.0. The summed E-state index contributed by atoms with van der Waals surface area (Å²) < 4.78 is 12.9. The number of hydrogen-bond donors (Lipinski definition) is 3. The van der Waals surface area contributed by atoms with Crippen LogP contribution >= 0.6 is 11.6 Å². The average Bonchev–Trinajstić information content (AvgIpc) is 2.24. The number of benzene rings is 1. The lowest BCUT2D eigenvalue weighted by molar-refractivity contribution is 0.170. The van der Waals surface area contributed by atoms with Gasteiger partial charge in [-0.1, -0.05) is 11.6 Å². The molecule has 1 aromatic rings. The van der Waals surface area contributed by atoms with Crippen LogP contribution in [0.15, 0.2) is 18.2 Å². The first kappa shape index (κ1) is 12.4. The second kappa shape index (κ2) is 6.02. The Morgan fingerprint density at radius 1 is 1.33 bits per heavy atom. The quantitative estimate of drug-likeness (QED) is 0.709. The van der Waals surface area contributed by atoms with E-state index >= 15 is 0 Å². The lowest BCUT2D eigenvalue weighted by Crippen LogP contribution is -2.35. The Hall–Kier alpha value is -0.680. The summed E-state index contributed by atoms with van der Waals surface area (Å²) in [5.74, 6) is -0.360. The monoisotopic (exact) mass is 233 g/mol. The molecule has 1 aromatic carbocycles. The SMILES string of the molecule is OCC(CO)NCc1cc(F)ccc1Cl. The number of aliphatic hydroxyl groups excluding tert-OH is 2. The molecule has 0 aliphatic heterocycles. The molecule has 0 radical (unpaired) electrons. The van der Waals surface area contributed by atoms with Crippen LogP contribution in [0.1, 0.15) is 5.56 Å². The maximum Gasteiger partial charge on any atom is 0.123 e. The van der Waals surface area contributed by atoms with Crippen LogP contribution in [0.2, 0.25) is 5.02 Å². The predicted octanol–water partition coefficient (Wildman–Crippen LogP) is 0.922. The summed E-state index contributed by atoms with van der Waals surface area (Å²) in [7, 11) is 0. The Morgan fingerprint density at radius 2 is 2.00 bits per heavy atom. The summed E-state index contributed by atoms with van der Waals surface area (Å²) >= 11 is 5.83.